The highest BCUT2D eigenvalue weighted by Crippen LogP contribution is 2.46. The Labute approximate surface area is 89.7 Å². The highest BCUT2D eigenvalue weighted by Gasteiger charge is 2.41. The van der Waals surface area contributed by atoms with Gasteiger partial charge in [0.05, 0.1) is 0 Å². The van der Waals surface area contributed by atoms with Crippen molar-refractivity contribution in [3.63, 3.8) is 0 Å². The van der Waals surface area contributed by atoms with Crippen LogP contribution in [0.5, 0.6) is 0 Å². The van der Waals surface area contributed by atoms with E-state index in [1.165, 1.54) is 12.8 Å². The molecule has 0 aliphatic heterocycles. The van der Waals surface area contributed by atoms with Crippen LogP contribution in [0.1, 0.15) is 18.5 Å². The molecule has 0 aromatic carbocycles. The second kappa shape index (κ2) is 3.77. The van der Waals surface area contributed by atoms with E-state index in [-0.39, 0.29) is 0 Å². The van der Waals surface area contributed by atoms with Crippen LogP contribution in [-0.4, -0.2) is 17.4 Å². The predicted octanol–water partition coefficient (Wildman–Crippen LogP) is 2.82. The van der Waals surface area contributed by atoms with Crippen molar-refractivity contribution < 1.29 is 0 Å². The van der Waals surface area contributed by atoms with E-state index in [2.05, 4.69) is 16.4 Å². The van der Waals surface area contributed by atoms with Gasteiger partial charge in [0.2, 0.25) is 0 Å². The van der Waals surface area contributed by atoms with E-state index in [0.717, 1.165) is 23.8 Å². The summed E-state index contributed by atoms with van der Waals surface area (Å²) >= 11 is 5.90. The summed E-state index contributed by atoms with van der Waals surface area (Å²) < 4.78 is 0. The lowest BCUT2D eigenvalue weighted by Crippen LogP contribution is -2.16. The van der Waals surface area contributed by atoms with Gasteiger partial charge in [-0.3, -0.25) is 4.98 Å². The van der Waals surface area contributed by atoms with Crippen LogP contribution in [0.2, 0.25) is 0 Å². The zero-order chi connectivity index (χ0) is 10.0. The van der Waals surface area contributed by atoms with Crippen molar-refractivity contribution in [1.82, 2.24) is 4.98 Å². The Morgan fingerprint density at radius 3 is 2.93 bits per heavy atom. The van der Waals surface area contributed by atoms with Gasteiger partial charge < -0.3 is 5.32 Å². The van der Waals surface area contributed by atoms with Crippen LogP contribution in [0.3, 0.4) is 0 Å². The van der Waals surface area contributed by atoms with Gasteiger partial charge in [0.15, 0.2) is 0 Å². The first-order valence-electron chi connectivity index (χ1n) is 4.97. The lowest BCUT2D eigenvalue weighted by atomic mass is 10.1. The molecule has 0 saturated heterocycles. The fourth-order valence-corrected chi connectivity index (χ4v) is 1.84. The number of aromatic nitrogens is 1. The summed E-state index contributed by atoms with van der Waals surface area (Å²) in [5.41, 5.74) is 2.57. The Bertz CT molecular complexity index is 321. The Morgan fingerprint density at radius 1 is 1.57 bits per heavy atom. The number of halogens is 1. The molecule has 2 nitrogen and oxygen atoms in total. The summed E-state index contributed by atoms with van der Waals surface area (Å²) in [6.45, 7) is 2.99. The predicted molar refractivity (Wildman–Crippen MR) is 59.9 cm³/mol. The molecule has 1 aliphatic carbocycles. The molecule has 0 atom stereocenters. The van der Waals surface area contributed by atoms with Crippen LogP contribution in [0.25, 0.3) is 0 Å². The zero-order valence-corrected chi connectivity index (χ0v) is 9.14. The maximum absolute atomic E-state index is 5.90. The summed E-state index contributed by atoms with van der Waals surface area (Å²) in [6.07, 6.45) is 4.35. The summed E-state index contributed by atoms with van der Waals surface area (Å²) in [7, 11) is 0. The number of alkyl halides is 1. The van der Waals surface area contributed by atoms with Gasteiger partial charge in [-0.25, -0.2) is 0 Å². The minimum Gasteiger partial charge on any atom is -0.384 e. The van der Waals surface area contributed by atoms with E-state index in [9.17, 15) is 0 Å². The first-order chi connectivity index (χ1) is 6.74. The third kappa shape index (κ3) is 2.18. The number of pyridine rings is 1. The number of nitrogens with one attached hydrogen (secondary N) is 1. The number of anilines is 1. The fourth-order valence-electron chi connectivity index (χ4n) is 1.48. The van der Waals surface area contributed by atoms with Crippen molar-refractivity contribution in [3.05, 3.63) is 24.0 Å². The van der Waals surface area contributed by atoms with Crippen molar-refractivity contribution in [3.8, 4) is 0 Å². The van der Waals surface area contributed by atoms with E-state index < -0.39 is 0 Å². The topological polar surface area (TPSA) is 24.9 Å². The van der Waals surface area contributed by atoms with E-state index in [4.69, 9.17) is 11.6 Å². The van der Waals surface area contributed by atoms with Gasteiger partial charge in [-0.15, -0.1) is 11.6 Å². The van der Waals surface area contributed by atoms with E-state index in [0.29, 0.717) is 5.41 Å². The van der Waals surface area contributed by atoms with Gasteiger partial charge in [0, 0.05) is 35.4 Å². The molecule has 0 bridgehead atoms. The second-order valence-corrected chi connectivity index (χ2v) is 4.44. The van der Waals surface area contributed by atoms with Crippen molar-refractivity contribution in [1.29, 1.82) is 0 Å². The lowest BCUT2D eigenvalue weighted by Gasteiger charge is -2.13. The molecule has 0 radical (unpaired) electrons. The highest BCUT2D eigenvalue weighted by atomic mass is 35.5. The zero-order valence-electron chi connectivity index (χ0n) is 8.39. The van der Waals surface area contributed by atoms with Crippen LogP contribution in [0.15, 0.2) is 18.3 Å². The normalized spacial score (nSPS) is 17.9. The van der Waals surface area contributed by atoms with Crippen LogP contribution in [-0.2, 0) is 0 Å². The van der Waals surface area contributed by atoms with Crippen LogP contribution < -0.4 is 5.32 Å². The molecule has 1 heterocycles. The molecule has 1 aromatic rings. The molecule has 3 heteroatoms. The van der Waals surface area contributed by atoms with Gasteiger partial charge >= 0.3 is 0 Å². The van der Waals surface area contributed by atoms with Gasteiger partial charge in [0.1, 0.15) is 0 Å². The molecule has 1 N–H and O–H groups in total. The molecule has 2 rings (SSSR count). The molecule has 1 fully saturated rings. The average Bonchev–Trinajstić information content (AvgIpc) is 2.96. The van der Waals surface area contributed by atoms with Gasteiger partial charge in [-0.2, -0.15) is 0 Å². The quantitative estimate of drug-likeness (QED) is 0.774. The first kappa shape index (κ1) is 9.78. The minimum atomic E-state index is 0.374. The summed E-state index contributed by atoms with van der Waals surface area (Å²) in [4.78, 5) is 4.15. The molecule has 1 saturated carbocycles. The van der Waals surface area contributed by atoms with E-state index in [1.54, 1.807) is 0 Å². The Hall–Kier alpha value is -0.760. The van der Waals surface area contributed by atoms with Crippen LogP contribution in [0.4, 0.5) is 5.69 Å². The van der Waals surface area contributed by atoms with E-state index >= 15 is 0 Å². The minimum absolute atomic E-state index is 0.374. The molecule has 1 aromatic heterocycles. The molecule has 0 unspecified atom stereocenters. The smallest absolute Gasteiger partial charge is 0.0393 e. The van der Waals surface area contributed by atoms with Gasteiger partial charge in [0.25, 0.3) is 0 Å². The standard InChI is InChI=1S/C11H15ClN2/c1-9-6-10(2-5-13-9)14-8-11(7-12)3-4-11/h2,5-6H,3-4,7-8H2,1H3,(H,13,14). The van der Waals surface area contributed by atoms with Crippen LogP contribution >= 0.6 is 11.6 Å². The summed E-state index contributed by atoms with van der Waals surface area (Å²) in [5, 5.41) is 3.41. The largest absolute Gasteiger partial charge is 0.384 e. The van der Waals surface area contributed by atoms with Crippen molar-refractivity contribution in [2.45, 2.75) is 19.8 Å². The third-order valence-corrected chi connectivity index (χ3v) is 3.37. The summed E-state index contributed by atoms with van der Waals surface area (Å²) in [5.74, 6) is 0.768. The number of hydrogen-bond acceptors (Lipinski definition) is 2. The highest BCUT2D eigenvalue weighted by molar-refractivity contribution is 6.18. The summed E-state index contributed by atoms with van der Waals surface area (Å²) in [6, 6.07) is 4.06. The fraction of sp³-hybridized carbons (Fsp3) is 0.545. The number of hydrogen-bond donors (Lipinski definition) is 1. The number of rotatable bonds is 4. The molecule has 0 amide bonds. The maximum atomic E-state index is 5.90. The monoisotopic (exact) mass is 210 g/mol. The number of nitrogens with zero attached hydrogens (tertiary/aromatic N) is 1. The Kier molecular flexibility index (Phi) is 2.64. The number of aryl methyl sites for hydroxylation is 1. The average molecular weight is 211 g/mol. The Balaban J connectivity index is 1.92. The SMILES string of the molecule is Cc1cc(NCC2(CCl)CC2)ccn1. The molecular formula is C11H15ClN2. The first-order valence-corrected chi connectivity index (χ1v) is 5.50. The van der Waals surface area contributed by atoms with Gasteiger partial charge in [-0.05, 0) is 31.9 Å². The third-order valence-electron chi connectivity index (χ3n) is 2.80. The second-order valence-electron chi connectivity index (χ2n) is 4.17. The van der Waals surface area contributed by atoms with Crippen molar-refractivity contribution >= 4 is 17.3 Å². The maximum Gasteiger partial charge on any atom is 0.0393 e. The van der Waals surface area contributed by atoms with Crippen molar-refractivity contribution in [2.75, 3.05) is 17.7 Å². The molecular weight excluding hydrogens is 196 g/mol. The molecule has 1 aliphatic rings. The Morgan fingerprint density at radius 2 is 2.36 bits per heavy atom. The molecule has 76 valence electrons. The van der Waals surface area contributed by atoms with E-state index in [1.807, 2.05) is 19.2 Å². The van der Waals surface area contributed by atoms with Crippen LogP contribution in [0, 0.1) is 12.3 Å². The van der Waals surface area contributed by atoms with Gasteiger partial charge in [-0.1, -0.05) is 0 Å². The molecule has 0 spiro atoms. The lowest BCUT2D eigenvalue weighted by molar-refractivity contribution is 0.619. The van der Waals surface area contributed by atoms with Crippen molar-refractivity contribution in [2.24, 2.45) is 5.41 Å². The molecule has 14 heavy (non-hydrogen) atoms.